The second kappa shape index (κ2) is 6.18. The van der Waals surface area contributed by atoms with Gasteiger partial charge in [0.1, 0.15) is 0 Å². The minimum atomic E-state index is 0.343. The van der Waals surface area contributed by atoms with Gasteiger partial charge >= 0.3 is 0 Å². The Balaban J connectivity index is 1.72. The van der Waals surface area contributed by atoms with Crippen molar-refractivity contribution in [1.29, 1.82) is 0 Å². The summed E-state index contributed by atoms with van der Waals surface area (Å²) < 4.78 is 0. The third kappa shape index (κ3) is 3.29. The minimum Gasteiger partial charge on any atom is -0.309 e. The van der Waals surface area contributed by atoms with Crippen LogP contribution in [0.1, 0.15) is 35.2 Å². The summed E-state index contributed by atoms with van der Waals surface area (Å²) in [4.78, 5) is 2.36. The van der Waals surface area contributed by atoms with Crippen molar-refractivity contribution in [2.45, 2.75) is 32.6 Å². The molecule has 1 aliphatic rings. The number of hydrogen-bond donors (Lipinski definition) is 1. The summed E-state index contributed by atoms with van der Waals surface area (Å²) in [6.07, 6.45) is 0. The van der Waals surface area contributed by atoms with E-state index >= 15 is 0 Å². The zero-order valence-corrected chi connectivity index (χ0v) is 13.3. The molecule has 0 aromatic heterocycles. The van der Waals surface area contributed by atoms with Crippen molar-refractivity contribution in [3.8, 4) is 0 Å². The van der Waals surface area contributed by atoms with Gasteiger partial charge in [-0.1, -0.05) is 41.9 Å². The van der Waals surface area contributed by atoms with E-state index in [-0.39, 0.29) is 0 Å². The SMILES string of the molecule is CC(c1cccc(Cl)c1)N(C)Cc1ccc2c(c1)CNC2. The molecule has 1 N–H and O–H groups in total. The van der Waals surface area contributed by atoms with Crippen LogP contribution < -0.4 is 5.32 Å². The number of halogens is 1. The predicted octanol–water partition coefficient (Wildman–Crippen LogP) is 4.14. The van der Waals surface area contributed by atoms with E-state index < -0.39 is 0 Å². The van der Waals surface area contributed by atoms with E-state index in [4.69, 9.17) is 11.6 Å². The molecule has 0 aliphatic carbocycles. The lowest BCUT2D eigenvalue weighted by atomic mass is 10.0. The summed E-state index contributed by atoms with van der Waals surface area (Å²) in [6.45, 7) is 5.17. The lowest BCUT2D eigenvalue weighted by Crippen LogP contribution is -2.22. The van der Waals surface area contributed by atoms with Crippen LogP contribution in [0.5, 0.6) is 0 Å². The summed E-state index contributed by atoms with van der Waals surface area (Å²) in [5, 5.41) is 4.20. The fourth-order valence-corrected chi connectivity index (χ4v) is 3.09. The molecule has 2 nitrogen and oxygen atoms in total. The number of hydrogen-bond acceptors (Lipinski definition) is 2. The Morgan fingerprint density at radius 2 is 1.95 bits per heavy atom. The first kappa shape index (κ1) is 14.6. The molecule has 3 heteroatoms. The Hall–Kier alpha value is -1.35. The minimum absolute atomic E-state index is 0.343. The molecule has 1 unspecified atom stereocenters. The maximum Gasteiger partial charge on any atom is 0.0409 e. The second-order valence-electron chi connectivity index (χ2n) is 5.85. The molecule has 0 fully saturated rings. The van der Waals surface area contributed by atoms with Gasteiger partial charge < -0.3 is 5.32 Å². The molecule has 110 valence electrons. The number of fused-ring (bicyclic) bond motifs is 1. The van der Waals surface area contributed by atoms with E-state index in [2.05, 4.69) is 54.5 Å². The van der Waals surface area contributed by atoms with E-state index in [9.17, 15) is 0 Å². The summed E-state index contributed by atoms with van der Waals surface area (Å²) in [6, 6.07) is 15.3. The molecule has 0 amide bonds. The smallest absolute Gasteiger partial charge is 0.0409 e. The first-order chi connectivity index (χ1) is 10.1. The molecule has 0 spiro atoms. The van der Waals surface area contributed by atoms with Gasteiger partial charge in [-0.25, -0.2) is 0 Å². The summed E-state index contributed by atoms with van der Waals surface area (Å²) in [5.74, 6) is 0. The van der Waals surface area contributed by atoms with Crippen molar-refractivity contribution in [2.24, 2.45) is 0 Å². The molecule has 0 bridgehead atoms. The van der Waals surface area contributed by atoms with Crippen molar-refractivity contribution in [2.75, 3.05) is 7.05 Å². The largest absolute Gasteiger partial charge is 0.309 e. The van der Waals surface area contributed by atoms with Crippen LogP contribution >= 0.6 is 11.6 Å². The first-order valence-corrected chi connectivity index (χ1v) is 7.78. The molecule has 3 rings (SSSR count). The molecule has 1 atom stereocenters. The highest BCUT2D eigenvalue weighted by molar-refractivity contribution is 6.30. The van der Waals surface area contributed by atoms with Crippen molar-refractivity contribution < 1.29 is 0 Å². The molecule has 0 radical (unpaired) electrons. The van der Waals surface area contributed by atoms with Crippen molar-refractivity contribution in [1.82, 2.24) is 10.2 Å². The number of nitrogens with one attached hydrogen (secondary N) is 1. The molecular weight excluding hydrogens is 280 g/mol. The normalized spacial score (nSPS) is 15.2. The van der Waals surface area contributed by atoms with Gasteiger partial charge in [-0.05, 0) is 48.4 Å². The van der Waals surface area contributed by atoms with E-state index in [0.29, 0.717) is 6.04 Å². The van der Waals surface area contributed by atoms with Crippen molar-refractivity contribution in [3.63, 3.8) is 0 Å². The highest BCUT2D eigenvalue weighted by atomic mass is 35.5. The Morgan fingerprint density at radius 1 is 1.14 bits per heavy atom. The van der Waals surface area contributed by atoms with Gasteiger partial charge in [0.25, 0.3) is 0 Å². The predicted molar refractivity (Wildman–Crippen MR) is 88.3 cm³/mol. The van der Waals surface area contributed by atoms with E-state index in [1.165, 1.54) is 22.3 Å². The van der Waals surface area contributed by atoms with Gasteiger partial charge in [0.05, 0.1) is 0 Å². The number of benzene rings is 2. The van der Waals surface area contributed by atoms with Crippen LogP contribution in [-0.2, 0) is 19.6 Å². The maximum atomic E-state index is 6.09. The topological polar surface area (TPSA) is 15.3 Å². The molecule has 0 saturated carbocycles. The summed E-state index contributed by atoms with van der Waals surface area (Å²) in [7, 11) is 2.16. The van der Waals surface area contributed by atoms with Crippen LogP contribution in [0.4, 0.5) is 0 Å². The Labute approximate surface area is 131 Å². The zero-order chi connectivity index (χ0) is 14.8. The van der Waals surface area contributed by atoms with Crippen molar-refractivity contribution in [3.05, 3.63) is 69.7 Å². The molecule has 1 aliphatic heterocycles. The molecular formula is C18H21ClN2. The molecule has 21 heavy (non-hydrogen) atoms. The van der Waals surface area contributed by atoms with Gasteiger partial charge in [-0.15, -0.1) is 0 Å². The van der Waals surface area contributed by atoms with E-state index in [1.54, 1.807) is 0 Å². The van der Waals surface area contributed by atoms with Crippen LogP contribution in [0.3, 0.4) is 0 Å². The number of nitrogens with zero attached hydrogens (tertiary/aromatic N) is 1. The highest BCUT2D eigenvalue weighted by Gasteiger charge is 2.14. The molecule has 1 heterocycles. The third-order valence-electron chi connectivity index (χ3n) is 4.33. The average Bonchev–Trinajstić information content (AvgIpc) is 2.94. The van der Waals surface area contributed by atoms with Crippen LogP contribution in [0.2, 0.25) is 5.02 Å². The molecule has 2 aromatic carbocycles. The van der Waals surface area contributed by atoms with Crippen molar-refractivity contribution >= 4 is 11.6 Å². The van der Waals surface area contributed by atoms with Gasteiger partial charge in [0, 0.05) is 30.7 Å². The quantitative estimate of drug-likeness (QED) is 0.913. The lowest BCUT2D eigenvalue weighted by molar-refractivity contribution is 0.253. The van der Waals surface area contributed by atoms with Gasteiger partial charge in [-0.3, -0.25) is 4.90 Å². The Morgan fingerprint density at radius 3 is 2.76 bits per heavy atom. The standard InChI is InChI=1S/C18H21ClN2/c1-13(15-4-3-5-18(19)9-15)21(2)12-14-6-7-16-10-20-11-17(16)8-14/h3-9,13,20H,10-12H2,1-2H3. The summed E-state index contributed by atoms with van der Waals surface area (Å²) in [5.41, 5.74) is 5.50. The van der Waals surface area contributed by atoms with Crippen LogP contribution in [0.15, 0.2) is 42.5 Å². The van der Waals surface area contributed by atoms with Gasteiger partial charge in [-0.2, -0.15) is 0 Å². The van der Waals surface area contributed by atoms with E-state index in [1.807, 2.05) is 12.1 Å². The second-order valence-corrected chi connectivity index (χ2v) is 6.29. The maximum absolute atomic E-state index is 6.09. The van der Waals surface area contributed by atoms with Gasteiger partial charge in [0.15, 0.2) is 0 Å². The number of rotatable bonds is 4. The third-order valence-corrected chi connectivity index (χ3v) is 4.56. The molecule has 2 aromatic rings. The zero-order valence-electron chi connectivity index (χ0n) is 12.6. The van der Waals surface area contributed by atoms with Crippen LogP contribution in [0, 0.1) is 0 Å². The van der Waals surface area contributed by atoms with Crippen LogP contribution in [-0.4, -0.2) is 11.9 Å². The molecule has 0 saturated heterocycles. The Bertz CT molecular complexity index is 639. The lowest BCUT2D eigenvalue weighted by Gasteiger charge is -2.25. The summed E-state index contributed by atoms with van der Waals surface area (Å²) >= 11 is 6.09. The van der Waals surface area contributed by atoms with Gasteiger partial charge in [0.2, 0.25) is 0 Å². The average molecular weight is 301 g/mol. The Kier molecular flexibility index (Phi) is 4.29. The highest BCUT2D eigenvalue weighted by Crippen LogP contribution is 2.24. The fraction of sp³-hybridized carbons (Fsp3) is 0.333. The monoisotopic (exact) mass is 300 g/mol. The van der Waals surface area contributed by atoms with E-state index in [0.717, 1.165) is 24.7 Å². The fourth-order valence-electron chi connectivity index (χ4n) is 2.89. The van der Waals surface area contributed by atoms with Crippen LogP contribution in [0.25, 0.3) is 0 Å². The first-order valence-electron chi connectivity index (χ1n) is 7.40.